The maximum atomic E-state index is 12.0. The molecule has 2 fully saturated rings. The molecule has 0 radical (unpaired) electrons. The van der Waals surface area contributed by atoms with Gasteiger partial charge in [0, 0.05) is 45.1 Å². The number of nitrogens with one attached hydrogen (secondary N) is 2. The lowest BCUT2D eigenvalue weighted by Gasteiger charge is -2.15. The fourth-order valence-corrected chi connectivity index (χ4v) is 2.63. The molecule has 1 saturated heterocycles. The summed E-state index contributed by atoms with van der Waals surface area (Å²) in [7, 11) is 1.86. The van der Waals surface area contributed by atoms with Crippen molar-refractivity contribution in [1.29, 1.82) is 0 Å². The molecule has 21 heavy (non-hydrogen) atoms. The van der Waals surface area contributed by atoms with Crippen LogP contribution in [0, 0.1) is 0 Å². The Morgan fingerprint density at radius 3 is 2.67 bits per heavy atom. The third kappa shape index (κ3) is 3.62. The van der Waals surface area contributed by atoms with Crippen LogP contribution < -0.4 is 10.6 Å². The molecule has 1 aliphatic carbocycles. The van der Waals surface area contributed by atoms with Gasteiger partial charge in [0.25, 0.3) is 0 Å². The molecule has 1 aromatic heterocycles. The highest BCUT2D eigenvalue weighted by Crippen LogP contribution is 2.38. The van der Waals surface area contributed by atoms with E-state index >= 15 is 0 Å². The van der Waals surface area contributed by atoms with Gasteiger partial charge < -0.3 is 15.5 Å². The summed E-state index contributed by atoms with van der Waals surface area (Å²) in [6.45, 7) is 2.46. The first-order valence-corrected chi connectivity index (χ1v) is 7.84. The molecule has 1 aliphatic heterocycles. The van der Waals surface area contributed by atoms with Gasteiger partial charge in [0.15, 0.2) is 0 Å². The summed E-state index contributed by atoms with van der Waals surface area (Å²) in [5, 5.41) is 6.33. The first-order chi connectivity index (χ1) is 10.3. The Labute approximate surface area is 125 Å². The number of hydrogen-bond donors (Lipinski definition) is 2. The second kappa shape index (κ2) is 6.28. The molecule has 1 aromatic rings. The van der Waals surface area contributed by atoms with E-state index in [0.717, 1.165) is 43.4 Å². The lowest BCUT2D eigenvalue weighted by atomic mass is 10.3. The van der Waals surface area contributed by atoms with E-state index in [2.05, 4.69) is 20.6 Å². The minimum atomic E-state index is 0.241. The topological polar surface area (TPSA) is 70.2 Å². The molecule has 114 valence electrons. The normalized spacial score (nSPS) is 17.9. The molecule has 2 N–H and O–H groups in total. The molecular formula is C15H23N5O. The van der Waals surface area contributed by atoms with Crippen molar-refractivity contribution in [2.45, 2.75) is 38.0 Å². The monoisotopic (exact) mass is 289 g/mol. The standard InChI is InChI=1S/C15H23N5O/c1-16-12-10-13(19-15(18-12)11-4-5-11)17-7-6-14(21)20-8-2-3-9-20/h10-11H,2-9H2,1H3,(H2,16,17,18,19). The minimum Gasteiger partial charge on any atom is -0.373 e. The summed E-state index contributed by atoms with van der Waals surface area (Å²) in [6, 6.07) is 1.90. The van der Waals surface area contributed by atoms with Crippen LogP contribution in [0.1, 0.15) is 43.8 Å². The quantitative estimate of drug-likeness (QED) is 0.836. The summed E-state index contributed by atoms with van der Waals surface area (Å²) in [5.41, 5.74) is 0. The van der Waals surface area contributed by atoms with Crippen LogP contribution in [0.3, 0.4) is 0 Å². The number of rotatable bonds is 6. The van der Waals surface area contributed by atoms with Crippen molar-refractivity contribution in [3.05, 3.63) is 11.9 Å². The van der Waals surface area contributed by atoms with Crippen molar-refractivity contribution in [3.8, 4) is 0 Å². The summed E-state index contributed by atoms with van der Waals surface area (Å²) < 4.78 is 0. The van der Waals surface area contributed by atoms with E-state index in [0.29, 0.717) is 18.9 Å². The third-order valence-electron chi connectivity index (χ3n) is 4.05. The fraction of sp³-hybridized carbons (Fsp3) is 0.667. The third-order valence-corrected chi connectivity index (χ3v) is 4.05. The Morgan fingerprint density at radius 2 is 2.00 bits per heavy atom. The summed E-state index contributed by atoms with van der Waals surface area (Å²) in [5.74, 6) is 3.32. The van der Waals surface area contributed by atoms with Crippen LogP contribution in [0.4, 0.5) is 11.6 Å². The lowest BCUT2D eigenvalue weighted by molar-refractivity contribution is -0.129. The van der Waals surface area contributed by atoms with Gasteiger partial charge in [0.2, 0.25) is 5.91 Å². The van der Waals surface area contributed by atoms with Crippen LogP contribution in [-0.4, -0.2) is 47.5 Å². The Bertz CT molecular complexity index is 509. The zero-order chi connectivity index (χ0) is 14.7. The molecule has 0 bridgehead atoms. The number of hydrogen-bond acceptors (Lipinski definition) is 5. The van der Waals surface area contributed by atoms with Crippen molar-refractivity contribution in [1.82, 2.24) is 14.9 Å². The molecule has 0 atom stereocenters. The van der Waals surface area contributed by atoms with E-state index in [1.165, 1.54) is 12.8 Å². The Balaban J connectivity index is 1.54. The molecule has 0 spiro atoms. The van der Waals surface area contributed by atoms with Crippen molar-refractivity contribution in [2.75, 3.05) is 37.3 Å². The van der Waals surface area contributed by atoms with Crippen LogP contribution in [-0.2, 0) is 4.79 Å². The van der Waals surface area contributed by atoms with Crippen molar-refractivity contribution in [2.24, 2.45) is 0 Å². The molecule has 6 nitrogen and oxygen atoms in total. The second-order valence-corrected chi connectivity index (χ2v) is 5.79. The number of anilines is 2. The van der Waals surface area contributed by atoms with Gasteiger partial charge in [0.1, 0.15) is 17.5 Å². The molecule has 1 saturated carbocycles. The largest absolute Gasteiger partial charge is 0.373 e. The van der Waals surface area contributed by atoms with Gasteiger partial charge in [-0.15, -0.1) is 0 Å². The van der Waals surface area contributed by atoms with E-state index < -0.39 is 0 Å². The highest BCUT2D eigenvalue weighted by Gasteiger charge is 2.27. The molecular weight excluding hydrogens is 266 g/mol. The van der Waals surface area contributed by atoms with Crippen molar-refractivity contribution >= 4 is 17.5 Å². The molecule has 1 amide bonds. The Hall–Kier alpha value is -1.85. The maximum absolute atomic E-state index is 12.0. The average Bonchev–Trinajstić information content (AvgIpc) is 3.21. The van der Waals surface area contributed by atoms with E-state index in [-0.39, 0.29) is 5.91 Å². The smallest absolute Gasteiger partial charge is 0.224 e. The van der Waals surface area contributed by atoms with Gasteiger partial charge in [-0.2, -0.15) is 0 Å². The predicted octanol–water partition coefficient (Wildman–Crippen LogP) is 1.82. The SMILES string of the molecule is CNc1cc(NCCC(=O)N2CCCC2)nc(C2CC2)n1. The van der Waals surface area contributed by atoms with Gasteiger partial charge in [-0.05, 0) is 25.7 Å². The summed E-state index contributed by atoms with van der Waals surface area (Å²) in [6.07, 6.45) is 5.17. The zero-order valence-electron chi connectivity index (χ0n) is 12.6. The van der Waals surface area contributed by atoms with Crippen LogP contribution in [0.5, 0.6) is 0 Å². The summed E-state index contributed by atoms with van der Waals surface area (Å²) in [4.78, 5) is 23.0. The fourth-order valence-electron chi connectivity index (χ4n) is 2.63. The van der Waals surface area contributed by atoms with Crippen LogP contribution >= 0.6 is 0 Å². The molecule has 6 heteroatoms. The molecule has 0 unspecified atom stereocenters. The number of amides is 1. The Morgan fingerprint density at radius 1 is 1.29 bits per heavy atom. The molecule has 3 rings (SSSR count). The van der Waals surface area contributed by atoms with E-state index in [9.17, 15) is 4.79 Å². The zero-order valence-corrected chi connectivity index (χ0v) is 12.6. The lowest BCUT2D eigenvalue weighted by Crippen LogP contribution is -2.29. The van der Waals surface area contributed by atoms with Gasteiger partial charge in [-0.3, -0.25) is 4.79 Å². The van der Waals surface area contributed by atoms with E-state index in [4.69, 9.17) is 0 Å². The highest BCUT2D eigenvalue weighted by atomic mass is 16.2. The van der Waals surface area contributed by atoms with Gasteiger partial charge in [-0.1, -0.05) is 0 Å². The van der Waals surface area contributed by atoms with Crippen molar-refractivity contribution < 1.29 is 4.79 Å². The van der Waals surface area contributed by atoms with Crippen molar-refractivity contribution in [3.63, 3.8) is 0 Å². The van der Waals surface area contributed by atoms with Gasteiger partial charge in [-0.25, -0.2) is 9.97 Å². The van der Waals surface area contributed by atoms with Crippen LogP contribution in [0.2, 0.25) is 0 Å². The minimum absolute atomic E-state index is 0.241. The molecule has 2 heterocycles. The second-order valence-electron chi connectivity index (χ2n) is 5.79. The van der Waals surface area contributed by atoms with Gasteiger partial charge in [0.05, 0.1) is 0 Å². The molecule has 0 aromatic carbocycles. The Kier molecular flexibility index (Phi) is 4.22. The number of nitrogens with zero attached hydrogens (tertiary/aromatic N) is 3. The van der Waals surface area contributed by atoms with E-state index in [1.54, 1.807) is 0 Å². The summed E-state index contributed by atoms with van der Waals surface area (Å²) >= 11 is 0. The van der Waals surface area contributed by atoms with E-state index in [1.807, 2.05) is 18.0 Å². The number of likely N-dealkylation sites (tertiary alicyclic amines) is 1. The van der Waals surface area contributed by atoms with Crippen LogP contribution in [0.25, 0.3) is 0 Å². The first kappa shape index (κ1) is 14.1. The number of aromatic nitrogens is 2. The highest BCUT2D eigenvalue weighted by molar-refractivity contribution is 5.76. The maximum Gasteiger partial charge on any atom is 0.224 e. The number of carbonyl (C=O) groups is 1. The predicted molar refractivity (Wildman–Crippen MR) is 82.5 cm³/mol. The van der Waals surface area contributed by atoms with Crippen LogP contribution in [0.15, 0.2) is 6.07 Å². The first-order valence-electron chi connectivity index (χ1n) is 7.84. The van der Waals surface area contributed by atoms with Gasteiger partial charge >= 0.3 is 0 Å². The molecule has 2 aliphatic rings. The number of carbonyl (C=O) groups excluding carboxylic acids is 1. The average molecular weight is 289 g/mol.